The summed E-state index contributed by atoms with van der Waals surface area (Å²) in [6.45, 7) is 1.70. The number of hydrogen-bond acceptors (Lipinski definition) is 8. The first kappa shape index (κ1) is 32.4. The van der Waals surface area contributed by atoms with Crippen LogP contribution < -0.4 is 30.7 Å². The molecule has 6 amide bonds. The van der Waals surface area contributed by atoms with Gasteiger partial charge in [-0.3, -0.25) is 9.59 Å². The Kier molecular flexibility index (Phi) is 11.6. The average Bonchev–Trinajstić information content (AvgIpc) is 3.01. The van der Waals surface area contributed by atoms with Gasteiger partial charge in [-0.05, 0) is 36.2 Å². The molecule has 2 aromatic rings. The summed E-state index contributed by atoms with van der Waals surface area (Å²) in [6.07, 6.45) is -0.0657. The van der Waals surface area contributed by atoms with Crippen LogP contribution in [0.4, 0.5) is 9.59 Å². The summed E-state index contributed by atoms with van der Waals surface area (Å²) in [6, 6.07) is 11.1. The molecule has 2 heterocycles. The maximum absolute atomic E-state index is 13.0. The molecule has 0 saturated carbocycles. The Bertz CT molecular complexity index is 1320. The third kappa shape index (κ3) is 9.47. The van der Waals surface area contributed by atoms with Crippen molar-refractivity contribution in [1.29, 1.82) is 0 Å². The number of rotatable bonds is 6. The quantitative estimate of drug-likeness (QED) is 0.356. The summed E-state index contributed by atoms with van der Waals surface area (Å²) < 4.78 is 23.2. The number of likely N-dealkylation sites (tertiary alicyclic amines) is 1. The number of amides is 6. The number of nitrogens with one attached hydrogen (secondary N) is 4. The number of piperidine rings is 1. The third-order valence-electron chi connectivity index (χ3n) is 7.02. The molecule has 0 radical (unpaired) electrons. The Morgan fingerprint density at radius 1 is 1.07 bits per heavy atom. The first-order valence-electron chi connectivity index (χ1n) is 14.4. The van der Waals surface area contributed by atoms with Gasteiger partial charge in [0.15, 0.2) is 0 Å². The van der Waals surface area contributed by atoms with Gasteiger partial charge in [-0.1, -0.05) is 12.1 Å². The molecule has 1 fully saturated rings. The second-order valence-electron chi connectivity index (χ2n) is 10.6. The van der Waals surface area contributed by atoms with E-state index in [-0.39, 0.29) is 56.7 Å². The maximum Gasteiger partial charge on any atom is 0.317 e. The van der Waals surface area contributed by atoms with Gasteiger partial charge in [0.25, 0.3) is 5.91 Å². The lowest BCUT2D eigenvalue weighted by Crippen LogP contribution is -2.59. The molecule has 0 aliphatic carbocycles. The van der Waals surface area contributed by atoms with Crippen LogP contribution in [0.1, 0.15) is 22.3 Å². The van der Waals surface area contributed by atoms with Crippen molar-refractivity contribution in [2.24, 2.45) is 0 Å². The molecule has 0 unspecified atom stereocenters. The van der Waals surface area contributed by atoms with Crippen LogP contribution in [0, 0.1) is 0 Å². The van der Waals surface area contributed by atoms with E-state index in [9.17, 15) is 19.2 Å². The number of nitrogens with zero attached hydrogens (tertiary/aromatic N) is 2. The molecule has 238 valence electrons. The molecule has 4 rings (SSSR count). The second kappa shape index (κ2) is 15.8. The number of fused-ring (bicyclic) bond motifs is 5. The summed E-state index contributed by atoms with van der Waals surface area (Å²) in [5, 5.41) is 11.1. The van der Waals surface area contributed by atoms with Crippen molar-refractivity contribution in [2.45, 2.75) is 25.2 Å². The molecular weight excluding hydrogens is 572 g/mol. The zero-order valence-electron chi connectivity index (χ0n) is 25.2. The third-order valence-corrected chi connectivity index (χ3v) is 7.02. The van der Waals surface area contributed by atoms with Gasteiger partial charge in [-0.15, -0.1) is 0 Å². The first-order valence-corrected chi connectivity index (χ1v) is 14.4. The molecule has 0 spiro atoms. The molecular formula is C30H40N6O8. The van der Waals surface area contributed by atoms with E-state index in [4.69, 9.17) is 18.9 Å². The standard InChI is InChI=1S/C30H40N6O8/c1-35(2)30(40)33-17-27(37)36-10-7-25-26(18-36)43-19-20-5-4-6-22(13-20)44-24-15-21(14-23(16-24)42-12-11-41-3)28(38)31-8-9-32-29(39)34-25/h4-6,13-16,25-26H,7-12,17-19H2,1-3H3,(H,31,38)(H,33,40)(H2,32,34,39)/t25-,26-/m0/s1. The molecule has 2 aromatic carbocycles. The molecule has 2 aliphatic rings. The molecule has 1 saturated heterocycles. The van der Waals surface area contributed by atoms with Gasteiger partial charge < -0.3 is 50.0 Å². The van der Waals surface area contributed by atoms with Crippen molar-refractivity contribution >= 4 is 23.9 Å². The number of benzene rings is 2. The molecule has 14 nitrogen and oxygen atoms in total. The van der Waals surface area contributed by atoms with E-state index in [1.807, 2.05) is 18.2 Å². The summed E-state index contributed by atoms with van der Waals surface area (Å²) in [7, 11) is 4.77. The average molecular weight is 613 g/mol. The highest BCUT2D eigenvalue weighted by molar-refractivity contribution is 5.95. The van der Waals surface area contributed by atoms with Crippen molar-refractivity contribution in [3.8, 4) is 17.2 Å². The smallest absolute Gasteiger partial charge is 0.317 e. The van der Waals surface area contributed by atoms with Crippen molar-refractivity contribution in [1.82, 2.24) is 31.1 Å². The Balaban J connectivity index is 1.52. The Labute approximate surface area is 256 Å². The summed E-state index contributed by atoms with van der Waals surface area (Å²) in [5.41, 5.74) is 1.14. The van der Waals surface area contributed by atoms with Crippen LogP contribution in [0.5, 0.6) is 17.2 Å². The Morgan fingerprint density at radius 2 is 1.89 bits per heavy atom. The molecule has 0 aromatic heterocycles. The number of methoxy groups -OCH3 is 1. The fourth-order valence-electron chi connectivity index (χ4n) is 4.70. The SMILES string of the molecule is COCCOc1cc2cc(c1)C(=O)NCCNC(=O)N[C@H]1CCN(C(=O)CNC(=O)N(C)C)C[C@@H]1OCc1cccc(c1)O2. The number of carbonyl (C=O) groups excluding carboxylic acids is 4. The van der Waals surface area contributed by atoms with Gasteiger partial charge in [0.2, 0.25) is 5.91 Å². The second-order valence-corrected chi connectivity index (χ2v) is 10.6. The number of hydrogen-bond donors (Lipinski definition) is 4. The van der Waals surface area contributed by atoms with E-state index in [2.05, 4.69) is 21.3 Å². The zero-order valence-corrected chi connectivity index (χ0v) is 25.2. The summed E-state index contributed by atoms with van der Waals surface area (Å²) >= 11 is 0. The minimum Gasteiger partial charge on any atom is -0.491 e. The van der Waals surface area contributed by atoms with E-state index < -0.39 is 12.1 Å². The zero-order chi connectivity index (χ0) is 31.5. The van der Waals surface area contributed by atoms with Crippen LogP contribution in [0.3, 0.4) is 0 Å². The highest BCUT2D eigenvalue weighted by Gasteiger charge is 2.33. The fraction of sp³-hybridized carbons (Fsp3) is 0.467. The summed E-state index contributed by atoms with van der Waals surface area (Å²) in [4.78, 5) is 53.4. The predicted octanol–water partition coefficient (Wildman–Crippen LogP) is 1.30. The van der Waals surface area contributed by atoms with Crippen LogP contribution in [-0.2, 0) is 20.9 Å². The monoisotopic (exact) mass is 612 g/mol. The minimum atomic E-state index is -0.519. The highest BCUT2D eigenvalue weighted by atomic mass is 16.5. The number of carbonyl (C=O) groups is 4. The normalized spacial score (nSPS) is 19.0. The molecule has 2 aliphatic heterocycles. The largest absolute Gasteiger partial charge is 0.491 e. The van der Waals surface area contributed by atoms with E-state index in [0.717, 1.165) is 5.56 Å². The van der Waals surface area contributed by atoms with Gasteiger partial charge in [0.1, 0.15) is 23.9 Å². The highest BCUT2D eigenvalue weighted by Crippen LogP contribution is 2.29. The number of urea groups is 2. The lowest BCUT2D eigenvalue weighted by molar-refractivity contribution is -0.135. The van der Waals surface area contributed by atoms with Crippen molar-refractivity contribution in [3.63, 3.8) is 0 Å². The van der Waals surface area contributed by atoms with Crippen LogP contribution in [-0.4, -0.2) is 113 Å². The fourth-order valence-corrected chi connectivity index (χ4v) is 4.70. The minimum absolute atomic E-state index is 0.145. The van der Waals surface area contributed by atoms with Crippen LogP contribution in [0.25, 0.3) is 0 Å². The molecule has 4 bridgehead atoms. The summed E-state index contributed by atoms with van der Waals surface area (Å²) in [5.74, 6) is 0.782. The van der Waals surface area contributed by atoms with Gasteiger partial charge in [0, 0.05) is 59.0 Å². The van der Waals surface area contributed by atoms with Gasteiger partial charge in [-0.2, -0.15) is 0 Å². The Morgan fingerprint density at radius 3 is 2.68 bits per heavy atom. The van der Waals surface area contributed by atoms with Crippen LogP contribution >= 0.6 is 0 Å². The van der Waals surface area contributed by atoms with E-state index in [1.165, 1.54) is 4.90 Å². The first-order chi connectivity index (χ1) is 21.2. The van der Waals surface area contributed by atoms with Crippen molar-refractivity contribution in [3.05, 3.63) is 53.6 Å². The molecule has 2 atom stereocenters. The van der Waals surface area contributed by atoms with Crippen LogP contribution in [0.15, 0.2) is 42.5 Å². The Hall–Kier alpha value is -4.56. The number of ether oxygens (including phenoxy) is 4. The molecule has 14 heteroatoms. The van der Waals surface area contributed by atoms with Gasteiger partial charge in [-0.25, -0.2) is 9.59 Å². The van der Waals surface area contributed by atoms with E-state index in [1.54, 1.807) is 50.4 Å². The van der Waals surface area contributed by atoms with Crippen LogP contribution in [0.2, 0.25) is 0 Å². The lowest BCUT2D eigenvalue weighted by Gasteiger charge is -2.38. The molecule has 44 heavy (non-hydrogen) atoms. The lowest BCUT2D eigenvalue weighted by atomic mass is 10.0. The van der Waals surface area contributed by atoms with Crippen molar-refractivity contribution in [2.75, 3.05) is 67.1 Å². The van der Waals surface area contributed by atoms with Gasteiger partial charge in [0.05, 0.1) is 31.9 Å². The van der Waals surface area contributed by atoms with Crippen molar-refractivity contribution < 1.29 is 38.1 Å². The predicted molar refractivity (Wildman–Crippen MR) is 160 cm³/mol. The molecule has 4 N–H and O–H groups in total. The van der Waals surface area contributed by atoms with Gasteiger partial charge >= 0.3 is 12.1 Å². The maximum atomic E-state index is 13.0. The topological polar surface area (TPSA) is 160 Å². The van der Waals surface area contributed by atoms with E-state index >= 15 is 0 Å². The van der Waals surface area contributed by atoms with E-state index in [0.29, 0.717) is 49.0 Å².